The topological polar surface area (TPSA) is 50.4 Å². The molecule has 2 N–H and O–H groups in total. The molecule has 0 aromatic rings. The van der Waals surface area contributed by atoms with Crippen LogP contribution in [-0.2, 0) is 4.84 Å². The van der Waals surface area contributed by atoms with E-state index in [0.717, 1.165) is 18.8 Å². The van der Waals surface area contributed by atoms with Gasteiger partial charge in [-0.05, 0) is 31.6 Å². The highest BCUT2D eigenvalue weighted by molar-refractivity contribution is 5.72. The second-order valence-corrected chi connectivity index (χ2v) is 3.74. The summed E-state index contributed by atoms with van der Waals surface area (Å²) in [6.45, 7) is 2.26. The van der Waals surface area contributed by atoms with Crippen LogP contribution in [0.5, 0.6) is 0 Å². The molecular formula is C9H18N2O2. The van der Waals surface area contributed by atoms with Crippen LogP contribution in [0.1, 0.15) is 32.6 Å². The van der Waals surface area contributed by atoms with Gasteiger partial charge in [0.15, 0.2) is 0 Å². The summed E-state index contributed by atoms with van der Waals surface area (Å²) in [5.41, 5.74) is 2.25. The molecule has 1 fully saturated rings. The Morgan fingerprint density at radius 2 is 1.92 bits per heavy atom. The zero-order valence-corrected chi connectivity index (χ0v) is 8.30. The lowest BCUT2D eigenvalue weighted by atomic mass is 9.87. The Balaban J connectivity index is 2.18. The molecule has 13 heavy (non-hydrogen) atoms. The van der Waals surface area contributed by atoms with Crippen LogP contribution in [-0.4, -0.2) is 19.2 Å². The summed E-state index contributed by atoms with van der Waals surface area (Å²) in [5.74, 6) is 0.809. The summed E-state index contributed by atoms with van der Waals surface area (Å²) in [7, 11) is 1.43. The van der Waals surface area contributed by atoms with Crippen molar-refractivity contribution in [2.24, 2.45) is 5.92 Å². The van der Waals surface area contributed by atoms with Gasteiger partial charge in [0.25, 0.3) is 0 Å². The maximum absolute atomic E-state index is 11.0. The highest BCUT2D eigenvalue weighted by atomic mass is 16.6. The number of urea groups is 1. The minimum absolute atomic E-state index is 0.234. The molecule has 76 valence electrons. The van der Waals surface area contributed by atoms with Crippen LogP contribution in [0.4, 0.5) is 4.79 Å². The third kappa shape index (κ3) is 3.63. The summed E-state index contributed by atoms with van der Waals surface area (Å²) < 4.78 is 0. The SMILES string of the molecule is CONC(=O)NC1CCC(C)CC1. The third-order valence-electron chi connectivity index (χ3n) is 2.55. The van der Waals surface area contributed by atoms with Crippen LogP contribution >= 0.6 is 0 Å². The highest BCUT2D eigenvalue weighted by Crippen LogP contribution is 2.23. The number of hydroxylamine groups is 1. The third-order valence-corrected chi connectivity index (χ3v) is 2.55. The standard InChI is InChI=1S/C9H18N2O2/c1-7-3-5-8(6-4-7)10-9(12)11-13-2/h7-8H,3-6H2,1-2H3,(H2,10,11,12). The molecule has 0 spiro atoms. The predicted octanol–water partition coefficient (Wildman–Crippen LogP) is 1.43. The molecule has 0 aromatic carbocycles. The zero-order chi connectivity index (χ0) is 9.68. The quantitative estimate of drug-likeness (QED) is 0.641. The summed E-state index contributed by atoms with van der Waals surface area (Å²) >= 11 is 0. The van der Waals surface area contributed by atoms with Gasteiger partial charge in [-0.25, -0.2) is 10.3 Å². The number of carbonyl (C=O) groups excluding carboxylic acids is 1. The number of amides is 2. The maximum Gasteiger partial charge on any atom is 0.338 e. The second-order valence-electron chi connectivity index (χ2n) is 3.74. The number of hydrogen-bond donors (Lipinski definition) is 2. The van der Waals surface area contributed by atoms with Gasteiger partial charge in [0.05, 0.1) is 7.11 Å². The van der Waals surface area contributed by atoms with Crippen molar-refractivity contribution in [3.8, 4) is 0 Å². The number of nitrogens with one attached hydrogen (secondary N) is 2. The minimum atomic E-state index is -0.234. The van der Waals surface area contributed by atoms with Crippen LogP contribution in [0.15, 0.2) is 0 Å². The van der Waals surface area contributed by atoms with Crippen molar-refractivity contribution in [2.45, 2.75) is 38.6 Å². The monoisotopic (exact) mass is 186 g/mol. The Bertz CT molecular complexity index is 165. The van der Waals surface area contributed by atoms with E-state index < -0.39 is 0 Å². The van der Waals surface area contributed by atoms with Crippen molar-refractivity contribution in [1.29, 1.82) is 0 Å². The van der Waals surface area contributed by atoms with Gasteiger partial charge in [0.2, 0.25) is 0 Å². The van der Waals surface area contributed by atoms with Crippen LogP contribution in [0.3, 0.4) is 0 Å². The van der Waals surface area contributed by atoms with Gasteiger partial charge in [0.1, 0.15) is 0 Å². The van der Waals surface area contributed by atoms with E-state index in [1.807, 2.05) is 0 Å². The van der Waals surface area contributed by atoms with Gasteiger partial charge < -0.3 is 5.32 Å². The van der Waals surface area contributed by atoms with E-state index in [0.29, 0.717) is 6.04 Å². The summed E-state index contributed by atoms with van der Waals surface area (Å²) in [4.78, 5) is 15.5. The van der Waals surface area contributed by atoms with Gasteiger partial charge in [-0.1, -0.05) is 6.92 Å². The number of rotatable bonds is 2. The van der Waals surface area contributed by atoms with Crippen molar-refractivity contribution in [3.05, 3.63) is 0 Å². The van der Waals surface area contributed by atoms with Crippen LogP contribution in [0.2, 0.25) is 0 Å². The normalized spacial score (nSPS) is 28.2. The van der Waals surface area contributed by atoms with Crippen molar-refractivity contribution in [2.75, 3.05) is 7.11 Å². The van der Waals surface area contributed by atoms with Gasteiger partial charge in [-0.3, -0.25) is 4.84 Å². The molecule has 1 saturated carbocycles. The largest absolute Gasteiger partial charge is 0.338 e. The van der Waals surface area contributed by atoms with E-state index in [9.17, 15) is 4.79 Å². The fraction of sp³-hybridized carbons (Fsp3) is 0.889. The Morgan fingerprint density at radius 1 is 1.31 bits per heavy atom. The predicted molar refractivity (Wildman–Crippen MR) is 50.1 cm³/mol. The van der Waals surface area contributed by atoms with E-state index in [2.05, 4.69) is 22.6 Å². The molecule has 0 saturated heterocycles. The van der Waals surface area contributed by atoms with Gasteiger partial charge in [-0.15, -0.1) is 0 Å². The molecule has 4 heteroatoms. The molecule has 0 heterocycles. The van der Waals surface area contributed by atoms with Gasteiger partial charge >= 0.3 is 6.03 Å². The average molecular weight is 186 g/mol. The second kappa shape index (κ2) is 5.07. The zero-order valence-electron chi connectivity index (χ0n) is 8.30. The molecule has 0 radical (unpaired) electrons. The molecule has 0 atom stereocenters. The molecule has 0 unspecified atom stereocenters. The van der Waals surface area contributed by atoms with Crippen molar-refractivity contribution in [3.63, 3.8) is 0 Å². The first-order chi connectivity index (χ1) is 6.22. The van der Waals surface area contributed by atoms with E-state index in [-0.39, 0.29) is 6.03 Å². The van der Waals surface area contributed by atoms with Crippen LogP contribution in [0.25, 0.3) is 0 Å². The lowest BCUT2D eigenvalue weighted by Gasteiger charge is -2.26. The first-order valence-electron chi connectivity index (χ1n) is 4.82. The van der Waals surface area contributed by atoms with Crippen LogP contribution < -0.4 is 10.8 Å². The Labute approximate surface area is 79.0 Å². The Hall–Kier alpha value is -0.770. The summed E-state index contributed by atoms with van der Waals surface area (Å²) in [6, 6.07) is 0.0911. The molecular weight excluding hydrogens is 168 g/mol. The van der Waals surface area contributed by atoms with Crippen molar-refractivity contribution >= 4 is 6.03 Å². The van der Waals surface area contributed by atoms with Crippen molar-refractivity contribution < 1.29 is 9.63 Å². The highest BCUT2D eigenvalue weighted by Gasteiger charge is 2.19. The molecule has 0 bridgehead atoms. The lowest BCUT2D eigenvalue weighted by molar-refractivity contribution is 0.104. The lowest BCUT2D eigenvalue weighted by Crippen LogP contribution is -2.43. The maximum atomic E-state index is 11.0. The van der Waals surface area contributed by atoms with E-state index >= 15 is 0 Å². The van der Waals surface area contributed by atoms with Gasteiger partial charge in [-0.2, -0.15) is 0 Å². The molecule has 2 amide bonds. The van der Waals surface area contributed by atoms with E-state index in [4.69, 9.17) is 0 Å². The number of hydrogen-bond acceptors (Lipinski definition) is 2. The molecule has 1 rings (SSSR count). The fourth-order valence-corrected chi connectivity index (χ4v) is 1.71. The van der Waals surface area contributed by atoms with E-state index in [1.54, 1.807) is 0 Å². The van der Waals surface area contributed by atoms with E-state index in [1.165, 1.54) is 20.0 Å². The number of carbonyl (C=O) groups is 1. The fourth-order valence-electron chi connectivity index (χ4n) is 1.71. The summed E-state index contributed by atoms with van der Waals surface area (Å²) in [5, 5.41) is 2.87. The molecule has 4 nitrogen and oxygen atoms in total. The van der Waals surface area contributed by atoms with Gasteiger partial charge in [0, 0.05) is 6.04 Å². The summed E-state index contributed by atoms with van der Waals surface area (Å²) in [6.07, 6.45) is 4.58. The Kier molecular flexibility index (Phi) is 4.02. The molecule has 0 aromatic heterocycles. The smallest absolute Gasteiger partial charge is 0.334 e. The first kappa shape index (κ1) is 10.3. The minimum Gasteiger partial charge on any atom is -0.334 e. The Morgan fingerprint density at radius 3 is 2.46 bits per heavy atom. The molecule has 1 aliphatic carbocycles. The van der Waals surface area contributed by atoms with Crippen LogP contribution in [0, 0.1) is 5.92 Å². The average Bonchev–Trinajstić information content (AvgIpc) is 2.09. The molecule has 1 aliphatic rings. The first-order valence-corrected chi connectivity index (χ1v) is 4.82. The molecule has 0 aliphatic heterocycles. The van der Waals surface area contributed by atoms with Crippen molar-refractivity contribution in [1.82, 2.24) is 10.8 Å².